The second kappa shape index (κ2) is 9.59. The minimum absolute atomic E-state index is 0.886. The first-order valence-corrected chi connectivity index (χ1v) is 15.3. The van der Waals surface area contributed by atoms with E-state index in [2.05, 4.69) is 144 Å². The molecule has 2 nitrogen and oxygen atoms in total. The highest BCUT2D eigenvalue weighted by molar-refractivity contribution is 7.25. The fraction of sp³-hybridized carbons (Fsp3) is 0. The largest absolute Gasteiger partial charge is 0.456 e. The Kier molecular flexibility index (Phi) is 5.40. The third-order valence-corrected chi connectivity index (χ3v) is 9.58. The molecule has 3 heteroatoms. The highest BCUT2D eigenvalue weighted by atomic mass is 32.1. The summed E-state index contributed by atoms with van der Waals surface area (Å²) >= 11 is 1.85. The lowest BCUT2D eigenvalue weighted by Gasteiger charge is -2.27. The van der Waals surface area contributed by atoms with E-state index in [1.807, 2.05) is 23.5 Å². The van der Waals surface area contributed by atoms with Gasteiger partial charge in [-0.2, -0.15) is 0 Å². The van der Waals surface area contributed by atoms with Gasteiger partial charge in [-0.15, -0.1) is 11.3 Å². The van der Waals surface area contributed by atoms with E-state index in [-0.39, 0.29) is 0 Å². The van der Waals surface area contributed by atoms with Crippen molar-refractivity contribution in [1.82, 2.24) is 0 Å². The summed E-state index contributed by atoms with van der Waals surface area (Å²) in [6, 6.07) is 54.3. The first-order valence-electron chi connectivity index (χ1n) is 14.5. The standard InChI is InChI=1S/C40H25NOS/c1-2-14-30-26(10-1)11-8-17-31(30)27-12-7-13-28(24-27)41(29-22-23-33-32-15-4-6-21-38(32)43-39(33)25-29)35-18-9-20-37-40(35)34-16-3-5-19-36(34)42-37/h1-25H. The molecule has 0 spiro atoms. The summed E-state index contributed by atoms with van der Waals surface area (Å²) in [5.41, 5.74) is 7.51. The highest BCUT2D eigenvalue weighted by Crippen LogP contribution is 2.45. The Morgan fingerprint density at radius 2 is 1.16 bits per heavy atom. The Hall–Kier alpha value is -5.38. The van der Waals surface area contributed by atoms with Crippen molar-refractivity contribution in [3.05, 3.63) is 152 Å². The number of para-hydroxylation sites is 1. The number of rotatable bonds is 4. The minimum Gasteiger partial charge on any atom is -0.456 e. The smallest absolute Gasteiger partial charge is 0.137 e. The van der Waals surface area contributed by atoms with Crippen molar-refractivity contribution in [3.63, 3.8) is 0 Å². The molecule has 0 aliphatic carbocycles. The van der Waals surface area contributed by atoms with E-state index >= 15 is 0 Å². The molecule has 9 rings (SSSR count). The molecule has 2 aromatic heterocycles. The first kappa shape index (κ1) is 24.2. The third kappa shape index (κ3) is 3.86. The van der Waals surface area contributed by atoms with Crippen LogP contribution in [0.3, 0.4) is 0 Å². The molecule has 0 aliphatic heterocycles. The maximum atomic E-state index is 6.34. The van der Waals surface area contributed by atoms with Crippen LogP contribution in [-0.2, 0) is 0 Å². The van der Waals surface area contributed by atoms with Gasteiger partial charge < -0.3 is 9.32 Å². The lowest BCUT2D eigenvalue weighted by Crippen LogP contribution is -2.10. The van der Waals surface area contributed by atoms with Gasteiger partial charge in [-0.25, -0.2) is 0 Å². The van der Waals surface area contributed by atoms with E-state index in [0.717, 1.165) is 39.0 Å². The molecular weight excluding hydrogens is 543 g/mol. The van der Waals surface area contributed by atoms with Gasteiger partial charge in [-0.05, 0) is 70.4 Å². The van der Waals surface area contributed by atoms with Crippen molar-refractivity contribution in [2.45, 2.75) is 0 Å². The summed E-state index contributed by atoms with van der Waals surface area (Å²) in [7, 11) is 0. The molecule has 0 saturated carbocycles. The average molecular weight is 568 g/mol. The van der Waals surface area contributed by atoms with E-state index in [4.69, 9.17) is 4.42 Å². The van der Waals surface area contributed by atoms with Crippen LogP contribution in [0.15, 0.2) is 156 Å². The van der Waals surface area contributed by atoms with Gasteiger partial charge in [-0.1, -0.05) is 103 Å². The predicted molar refractivity (Wildman–Crippen MR) is 184 cm³/mol. The molecule has 7 aromatic carbocycles. The number of hydrogen-bond donors (Lipinski definition) is 0. The highest BCUT2D eigenvalue weighted by Gasteiger charge is 2.20. The summed E-state index contributed by atoms with van der Waals surface area (Å²) in [5, 5.41) is 7.33. The quantitative estimate of drug-likeness (QED) is 0.210. The van der Waals surface area contributed by atoms with Crippen LogP contribution in [0.5, 0.6) is 0 Å². The zero-order chi connectivity index (χ0) is 28.3. The normalized spacial score (nSPS) is 11.7. The van der Waals surface area contributed by atoms with E-state index in [0.29, 0.717) is 0 Å². The Labute approximate surface area is 252 Å². The fourth-order valence-corrected chi connectivity index (χ4v) is 7.65. The summed E-state index contributed by atoms with van der Waals surface area (Å²) in [5.74, 6) is 0. The number of hydrogen-bond acceptors (Lipinski definition) is 3. The Bertz CT molecular complexity index is 2480. The van der Waals surface area contributed by atoms with Crippen LogP contribution in [0.1, 0.15) is 0 Å². The van der Waals surface area contributed by atoms with Gasteiger partial charge in [0.05, 0.1) is 11.1 Å². The summed E-state index contributed by atoms with van der Waals surface area (Å²) in [6.07, 6.45) is 0. The van der Waals surface area contributed by atoms with Crippen molar-refractivity contribution in [2.75, 3.05) is 4.90 Å². The predicted octanol–water partition coefficient (Wildman–Crippen LogP) is 12.2. The van der Waals surface area contributed by atoms with Crippen LogP contribution >= 0.6 is 11.3 Å². The van der Waals surface area contributed by atoms with Crippen LogP contribution < -0.4 is 4.90 Å². The van der Waals surface area contributed by atoms with Crippen LogP contribution in [0.2, 0.25) is 0 Å². The van der Waals surface area contributed by atoms with Gasteiger partial charge in [-0.3, -0.25) is 0 Å². The first-order chi connectivity index (χ1) is 21.3. The van der Waals surface area contributed by atoms with Gasteiger partial charge in [0.2, 0.25) is 0 Å². The lowest BCUT2D eigenvalue weighted by molar-refractivity contribution is 0.669. The number of fused-ring (bicyclic) bond motifs is 7. The summed E-state index contributed by atoms with van der Waals surface area (Å²) in [4.78, 5) is 2.39. The second-order valence-corrected chi connectivity index (χ2v) is 12.0. The Morgan fingerprint density at radius 3 is 2.12 bits per heavy atom. The van der Waals surface area contributed by atoms with E-state index < -0.39 is 0 Å². The lowest BCUT2D eigenvalue weighted by atomic mass is 9.97. The summed E-state index contributed by atoms with van der Waals surface area (Å²) < 4.78 is 8.93. The topological polar surface area (TPSA) is 16.4 Å². The average Bonchev–Trinajstić information content (AvgIpc) is 3.63. The summed E-state index contributed by atoms with van der Waals surface area (Å²) in [6.45, 7) is 0. The van der Waals surface area contributed by atoms with Crippen LogP contribution in [-0.4, -0.2) is 0 Å². The minimum atomic E-state index is 0.886. The monoisotopic (exact) mass is 567 g/mol. The van der Waals surface area contributed by atoms with Crippen molar-refractivity contribution in [2.24, 2.45) is 0 Å². The van der Waals surface area contributed by atoms with E-state index in [1.54, 1.807) is 0 Å². The molecule has 0 bridgehead atoms. The molecule has 43 heavy (non-hydrogen) atoms. The van der Waals surface area contributed by atoms with E-state index in [9.17, 15) is 0 Å². The number of thiophene rings is 1. The second-order valence-electron chi connectivity index (χ2n) is 10.9. The molecule has 0 atom stereocenters. The van der Waals surface area contributed by atoms with Gasteiger partial charge in [0.25, 0.3) is 0 Å². The maximum absolute atomic E-state index is 6.34. The molecule has 0 N–H and O–H groups in total. The molecular formula is C40H25NOS. The van der Waals surface area contributed by atoms with Gasteiger partial charge >= 0.3 is 0 Å². The molecule has 9 aromatic rings. The zero-order valence-corrected chi connectivity index (χ0v) is 24.0. The molecule has 0 amide bonds. The number of nitrogens with zero attached hydrogens (tertiary/aromatic N) is 1. The molecule has 0 aliphatic rings. The maximum Gasteiger partial charge on any atom is 0.137 e. The van der Waals surface area contributed by atoms with Crippen molar-refractivity contribution in [3.8, 4) is 11.1 Å². The molecule has 0 fully saturated rings. The molecule has 202 valence electrons. The zero-order valence-electron chi connectivity index (χ0n) is 23.2. The molecule has 0 unspecified atom stereocenters. The Morgan fingerprint density at radius 1 is 0.465 bits per heavy atom. The number of furan rings is 1. The van der Waals surface area contributed by atoms with Gasteiger partial charge in [0.15, 0.2) is 0 Å². The van der Waals surface area contributed by atoms with Crippen LogP contribution in [0, 0.1) is 0 Å². The SMILES string of the molecule is c1cc(-c2cccc3ccccc23)cc(N(c2ccc3c(c2)sc2ccccc23)c2cccc3oc4ccccc4c23)c1. The third-order valence-electron chi connectivity index (χ3n) is 8.45. The van der Waals surface area contributed by atoms with Gasteiger partial charge in [0, 0.05) is 36.9 Å². The number of anilines is 3. The van der Waals surface area contributed by atoms with Crippen molar-refractivity contribution < 1.29 is 4.42 Å². The van der Waals surface area contributed by atoms with Crippen LogP contribution in [0.4, 0.5) is 17.1 Å². The van der Waals surface area contributed by atoms with Gasteiger partial charge in [0.1, 0.15) is 11.2 Å². The van der Waals surface area contributed by atoms with Crippen molar-refractivity contribution in [1.29, 1.82) is 0 Å². The molecule has 0 saturated heterocycles. The Balaban J connectivity index is 1.31. The van der Waals surface area contributed by atoms with E-state index in [1.165, 1.54) is 42.1 Å². The van der Waals surface area contributed by atoms with Crippen LogP contribution in [0.25, 0.3) is 64.0 Å². The number of benzene rings is 7. The van der Waals surface area contributed by atoms with Crippen molar-refractivity contribution >= 4 is 81.3 Å². The molecule has 0 radical (unpaired) electrons. The fourth-order valence-electron chi connectivity index (χ4n) is 6.51. The molecule has 2 heterocycles.